The Bertz CT molecular complexity index is 361. The molecular weight excluding hydrogens is 196 g/mol. The molecule has 0 unspecified atom stereocenters. The van der Waals surface area contributed by atoms with Gasteiger partial charge in [0.15, 0.2) is 0 Å². The fourth-order valence-corrected chi connectivity index (χ4v) is 1.62. The van der Waals surface area contributed by atoms with Crippen LogP contribution in [0.1, 0.15) is 10.4 Å². The van der Waals surface area contributed by atoms with Gasteiger partial charge >= 0.3 is 5.97 Å². The molecule has 2 rings (SSSR count). The third-order valence-corrected chi connectivity index (χ3v) is 2.38. The Morgan fingerprint density at radius 3 is 2.87 bits per heavy atom. The summed E-state index contributed by atoms with van der Waals surface area (Å²) in [5.74, 6) is -0.918. The smallest absolute Gasteiger partial charge is 0.337 e. The Morgan fingerprint density at radius 1 is 1.47 bits per heavy atom. The van der Waals surface area contributed by atoms with Gasteiger partial charge in [-0.3, -0.25) is 4.98 Å². The average molecular weight is 208 g/mol. The van der Waals surface area contributed by atoms with E-state index in [0.717, 1.165) is 0 Å². The number of rotatable bonds is 2. The van der Waals surface area contributed by atoms with Gasteiger partial charge in [0.1, 0.15) is 0 Å². The van der Waals surface area contributed by atoms with Crippen LogP contribution in [0.4, 0.5) is 5.69 Å². The molecular formula is C10H12N2O3. The first kappa shape index (κ1) is 9.92. The Kier molecular flexibility index (Phi) is 2.82. The normalized spacial score (nSPS) is 16.4. The second-order valence-electron chi connectivity index (χ2n) is 3.30. The predicted molar refractivity (Wildman–Crippen MR) is 54.2 cm³/mol. The van der Waals surface area contributed by atoms with Gasteiger partial charge in [-0.25, -0.2) is 4.79 Å². The van der Waals surface area contributed by atoms with E-state index in [0.29, 0.717) is 37.6 Å². The number of morpholine rings is 1. The fraction of sp³-hybridized carbons (Fsp3) is 0.400. The highest BCUT2D eigenvalue weighted by molar-refractivity contribution is 5.94. The van der Waals surface area contributed by atoms with Crippen molar-refractivity contribution in [1.82, 2.24) is 4.98 Å². The first-order valence-electron chi connectivity index (χ1n) is 4.79. The summed E-state index contributed by atoms with van der Waals surface area (Å²) in [5, 5.41) is 9.01. The first-order valence-corrected chi connectivity index (χ1v) is 4.79. The number of carbonyl (C=O) groups is 1. The van der Waals surface area contributed by atoms with E-state index in [2.05, 4.69) is 4.98 Å². The molecule has 0 amide bonds. The number of hydrogen-bond acceptors (Lipinski definition) is 4. The first-order chi connectivity index (χ1) is 7.29. The number of ether oxygens (including phenoxy) is 1. The van der Waals surface area contributed by atoms with Gasteiger partial charge < -0.3 is 14.7 Å². The van der Waals surface area contributed by atoms with E-state index < -0.39 is 5.97 Å². The van der Waals surface area contributed by atoms with E-state index in [1.54, 1.807) is 6.20 Å². The number of aromatic nitrogens is 1. The number of aromatic carboxylic acids is 1. The van der Waals surface area contributed by atoms with Crippen molar-refractivity contribution < 1.29 is 14.6 Å². The van der Waals surface area contributed by atoms with E-state index in [-0.39, 0.29) is 0 Å². The number of nitrogens with zero attached hydrogens (tertiary/aromatic N) is 2. The minimum Gasteiger partial charge on any atom is -0.478 e. The summed E-state index contributed by atoms with van der Waals surface area (Å²) in [6.45, 7) is 2.69. The van der Waals surface area contributed by atoms with Gasteiger partial charge in [0.2, 0.25) is 0 Å². The van der Waals surface area contributed by atoms with Crippen molar-refractivity contribution in [2.24, 2.45) is 0 Å². The summed E-state index contributed by atoms with van der Waals surface area (Å²) in [6.07, 6.45) is 3.09. The van der Waals surface area contributed by atoms with E-state index in [9.17, 15) is 4.79 Å². The van der Waals surface area contributed by atoms with Gasteiger partial charge in [0, 0.05) is 19.3 Å². The molecule has 0 aliphatic carbocycles. The molecule has 1 aromatic heterocycles. The molecule has 0 radical (unpaired) electrons. The lowest BCUT2D eigenvalue weighted by molar-refractivity contribution is 0.0696. The maximum atomic E-state index is 11.0. The standard InChI is InChI=1S/C10H12N2O3/c13-10(14)8-1-2-11-7-9(8)12-3-5-15-6-4-12/h1-2,7H,3-6H2,(H,13,14). The minimum absolute atomic E-state index is 0.298. The van der Waals surface area contributed by atoms with Crippen molar-refractivity contribution >= 4 is 11.7 Å². The van der Waals surface area contributed by atoms with E-state index in [1.165, 1.54) is 12.3 Å². The van der Waals surface area contributed by atoms with Crippen LogP contribution in [0.25, 0.3) is 0 Å². The van der Waals surface area contributed by atoms with Crippen LogP contribution in [-0.4, -0.2) is 42.4 Å². The molecule has 0 spiro atoms. The number of carboxylic acid groups (broad SMARTS) is 1. The summed E-state index contributed by atoms with van der Waals surface area (Å²) >= 11 is 0. The lowest BCUT2D eigenvalue weighted by Gasteiger charge is -2.29. The molecule has 80 valence electrons. The zero-order valence-corrected chi connectivity index (χ0v) is 8.22. The third kappa shape index (κ3) is 2.07. The van der Waals surface area contributed by atoms with Gasteiger partial charge in [-0.1, -0.05) is 0 Å². The molecule has 1 fully saturated rings. The Morgan fingerprint density at radius 2 is 2.20 bits per heavy atom. The molecule has 1 N–H and O–H groups in total. The van der Waals surface area contributed by atoms with Crippen molar-refractivity contribution in [3.8, 4) is 0 Å². The largest absolute Gasteiger partial charge is 0.478 e. The van der Waals surface area contributed by atoms with Gasteiger partial charge in [0.25, 0.3) is 0 Å². The molecule has 0 atom stereocenters. The monoisotopic (exact) mass is 208 g/mol. The van der Waals surface area contributed by atoms with Crippen molar-refractivity contribution in [3.63, 3.8) is 0 Å². The van der Waals surface area contributed by atoms with Crippen LogP contribution in [-0.2, 0) is 4.74 Å². The van der Waals surface area contributed by atoms with Crippen molar-refractivity contribution in [2.45, 2.75) is 0 Å². The number of anilines is 1. The lowest BCUT2D eigenvalue weighted by atomic mass is 10.2. The summed E-state index contributed by atoms with van der Waals surface area (Å²) in [4.78, 5) is 16.9. The summed E-state index contributed by atoms with van der Waals surface area (Å²) in [7, 11) is 0. The molecule has 15 heavy (non-hydrogen) atoms. The molecule has 1 aromatic rings. The lowest BCUT2D eigenvalue weighted by Crippen LogP contribution is -2.37. The van der Waals surface area contributed by atoms with Gasteiger partial charge in [-0.15, -0.1) is 0 Å². The summed E-state index contributed by atoms with van der Waals surface area (Å²) in [5.41, 5.74) is 0.972. The van der Waals surface area contributed by atoms with Crippen molar-refractivity contribution in [1.29, 1.82) is 0 Å². The number of pyridine rings is 1. The van der Waals surface area contributed by atoms with Crippen LogP contribution in [0.2, 0.25) is 0 Å². The zero-order valence-electron chi connectivity index (χ0n) is 8.22. The highest BCUT2D eigenvalue weighted by Crippen LogP contribution is 2.19. The summed E-state index contributed by atoms with van der Waals surface area (Å²) < 4.78 is 5.21. The van der Waals surface area contributed by atoms with Gasteiger partial charge in [-0.2, -0.15) is 0 Å². The maximum Gasteiger partial charge on any atom is 0.337 e. The number of carboxylic acids is 1. The Balaban J connectivity index is 2.29. The molecule has 0 saturated carbocycles. The van der Waals surface area contributed by atoms with Gasteiger partial charge in [-0.05, 0) is 6.07 Å². The van der Waals surface area contributed by atoms with Crippen LogP contribution < -0.4 is 4.90 Å². The third-order valence-electron chi connectivity index (χ3n) is 2.38. The Labute approximate surface area is 87.3 Å². The van der Waals surface area contributed by atoms with Crippen molar-refractivity contribution in [3.05, 3.63) is 24.0 Å². The second-order valence-corrected chi connectivity index (χ2v) is 3.30. The molecule has 0 bridgehead atoms. The molecule has 1 saturated heterocycles. The van der Waals surface area contributed by atoms with Gasteiger partial charge in [0.05, 0.1) is 30.7 Å². The predicted octanol–water partition coefficient (Wildman–Crippen LogP) is 0.616. The fourth-order valence-electron chi connectivity index (χ4n) is 1.62. The quantitative estimate of drug-likeness (QED) is 0.771. The van der Waals surface area contributed by atoms with Crippen LogP contribution in [0, 0.1) is 0 Å². The van der Waals surface area contributed by atoms with Crippen molar-refractivity contribution in [2.75, 3.05) is 31.2 Å². The summed E-state index contributed by atoms with van der Waals surface area (Å²) in [6, 6.07) is 1.52. The Hall–Kier alpha value is -1.62. The molecule has 5 nitrogen and oxygen atoms in total. The molecule has 2 heterocycles. The molecule has 5 heteroatoms. The van der Waals surface area contributed by atoms with Crippen LogP contribution >= 0.6 is 0 Å². The number of hydrogen-bond donors (Lipinski definition) is 1. The van der Waals surface area contributed by atoms with E-state index >= 15 is 0 Å². The average Bonchev–Trinajstić information content (AvgIpc) is 2.30. The highest BCUT2D eigenvalue weighted by Gasteiger charge is 2.17. The molecule has 0 aromatic carbocycles. The maximum absolute atomic E-state index is 11.0. The van der Waals surface area contributed by atoms with Crippen LogP contribution in [0.15, 0.2) is 18.5 Å². The van der Waals surface area contributed by atoms with Crippen LogP contribution in [0.3, 0.4) is 0 Å². The highest BCUT2D eigenvalue weighted by atomic mass is 16.5. The second kappa shape index (κ2) is 4.27. The molecule has 1 aliphatic rings. The minimum atomic E-state index is -0.918. The zero-order chi connectivity index (χ0) is 10.7. The SMILES string of the molecule is O=C(O)c1ccncc1N1CCOCC1. The van der Waals surface area contributed by atoms with E-state index in [4.69, 9.17) is 9.84 Å². The van der Waals surface area contributed by atoms with Crippen LogP contribution in [0.5, 0.6) is 0 Å². The molecule has 1 aliphatic heterocycles. The van der Waals surface area contributed by atoms with E-state index in [1.807, 2.05) is 4.90 Å². The topological polar surface area (TPSA) is 62.7 Å².